The molecule has 0 fully saturated rings. The Morgan fingerprint density at radius 3 is 2.37 bits per heavy atom. The Bertz CT molecular complexity index is 1040. The fourth-order valence-electron chi connectivity index (χ4n) is 2.54. The Kier molecular flexibility index (Phi) is 4.95. The number of anilines is 2. The van der Waals surface area contributed by atoms with Gasteiger partial charge in [-0.25, -0.2) is 0 Å². The number of benzene rings is 2. The second kappa shape index (κ2) is 7.20. The first-order chi connectivity index (χ1) is 12.7. The molecule has 0 saturated carbocycles. The highest BCUT2D eigenvalue weighted by atomic mass is 32.2. The third-order valence-electron chi connectivity index (χ3n) is 3.89. The molecule has 3 N–H and O–H groups in total. The van der Waals surface area contributed by atoms with E-state index in [1.807, 2.05) is 19.1 Å². The number of nitrogens with one attached hydrogen (secondary N) is 2. The molecule has 140 valence electrons. The Morgan fingerprint density at radius 2 is 1.70 bits per heavy atom. The molecule has 9 heteroatoms. The lowest BCUT2D eigenvalue weighted by atomic mass is 10.1. The predicted octanol–water partition coefficient (Wildman–Crippen LogP) is 2.36. The van der Waals surface area contributed by atoms with E-state index >= 15 is 0 Å². The largest absolute Gasteiger partial charge is 0.481 e. The van der Waals surface area contributed by atoms with Gasteiger partial charge in [-0.3, -0.25) is 9.59 Å². The number of nitrogens with zero attached hydrogens (tertiary/aromatic N) is 1. The molecule has 0 bridgehead atoms. The second-order valence-electron chi connectivity index (χ2n) is 6.06. The Morgan fingerprint density at radius 1 is 1.04 bits per heavy atom. The normalized spacial score (nSPS) is 14.2. The van der Waals surface area contributed by atoms with E-state index in [0.717, 1.165) is 5.56 Å². The van der Waals surface area contributed by atoms with E-state index < -0.39 is 21.9 Å². The average Bonchev–Trinajstić information content (AvgIpc) is 2.85. The molecule has 3 rings (SSSR count). The summed E-state index contributed by atoms with van der Waals surface area (Å²) < 4.78 is 28.3. The number of aliphatic carboxylic acids is 1. The molecule has 0 spiro atoms. The highest BCUT2D eigenvalue weighted by Crippen LogP contribution is 2.29. The number of carbonyl (C=O) groups is 2. The van der Waals surface area contributed by atoms with Crippen molar-refractivity contribution in [3.8, 4) is 0 Å². The fourth-order valence-corrected chi connectivity index (χ4v) is 3.70. The summed E-state index contributed by atoms with van der Waals surface area (Å²) in [7, 11) is -3.81. The molecule has 0 aromatic heterocycles. The number of carboxylic acid groups (broad SMARTS) is 1. The first-order valence-electron chi connectivity index (χ1n) is 8.09. The zero-order chi connectivity index (χ0) is 19.6. The molecule has 1 amide bonds. The van der Waals surface area contributed by atoms with E-state index in [9.17, 15) is 18.0 Å². The number of amides is 1. The molecule has 1 aliphatic rings. The van der Waals surface area contributed by atoms with Crippen LogP contribution in [0.3, 0.4) is 0 Å². The molecule has 0 atom stereocenters. The molecule has 1 aliphatic heterocycles. The maximum atomic E-state index is 12.2. The van der Waals surface area contributed by atoms with Gasteiger partial charge in [-0.1, -0.05) is 17.7 Å². The van der Waals surface area contributed by atoms with Crippen molar-refractivity contribution in [2.24, 2.45) is 4.40 Å². The van der Waals surface area contributed by atoms with Gasteiger partial charge in [0.15, 0.2) is 5.84 Å². The summed E-state index contributed by atoms with van der Waals surface area (Å²) in [6, 6.07) is 11.7. The van der Waals surface area contributed by atoms with Crippen molar-refractivity contribution >= 4 is 39.1 Å². The monoisotopic (exact) mass is 387 g/mol. The number of carboxylic acids is 1. The zero-order valence-corrected chi connectivity index (χ0v) is 15.2. The summed E-state index contributed by atoms with van der Waals surface area (Å²) >= 11 is 0. The van der Waals surface area contributed by atoms with E-state index in [4.69, 9.17) is 5.11 Å². The van der Waals surface area contributed by atoms with Crippen LogP contribution in [0.5, 0.6) is 0 Å². The summed E-state index contributed by atoms with van der Waals surface area (Å²) in [4.78, 5) is 22.4. The maximum Gasteiger partial charge on any atom is 0.303 e. The molecular formula is C18H17N3O5S. The van der Waals surface area contributed by atoms with Crippen LogP contribution in [0.25, 0.3) is 0 Å². The first kappa shape index (κ1) is 18.6. The van der Waals surface area contributed by atoms with Gasteiger partial charge >= 0.3 is 5.97 Å². The number of sulfonamides is 1. The number of hydrogen-bond acceptors (Lipinski definition) is 5. The number of carbonyl (C=O) groups excluding carboxylic acids is 1. The quantitative estimate of drug-likeness (QED) is 0.723. The highest BCUT2D eigenvalue weighted by Gasteiger charge is 2.29. The van der Waals surface area contributed by atoms with E-state index in [1.54, 1.807) is 12.1 Å². The lowest BCUT2D eigenvalue weighted by Crippen LogP contribution is -2.15. The molecule has 8 nitrogen and oxygen atoms in total. The molecule has 1 heterocycles. The van der Waals surface area contributed by atoms with Gasteiger partial charge < -0.3 is 15.7 Å². The molecule has 2 aromatic carbocycles. The summed E-state index contributed by atoms with van der Waals surface area (Å²) in [6.07, 6.45) is -0.458. The van der Waals surface area contributed by atoms with Crippen LogP contribution in [0.4, 0.5) is 11.4 Å². The van der Waals surface area contributed by atoms with Crippen LogP contribution in [0.15, 0.2) is 51.8 Å². The molecule has 0 radical (unpaired) electrons. The van der Waals surface area contributed by atoms with Crippen molar-refractivity contribution in [1.82, 2.24) is 0 Å². The van der Waals surface area contributed by atoms with E-state index in [0.29, 0.717) is 16.9 Å². The van der Waals surface area contributed by atoms with Crippen LogP contribution in [-0.2, 0) is 19.6 Å². The number of aryl methyl sites for hydroxylation is 1. The van der Waals surface area contributed by atoms with Crippen molar-refractivity contribution in [2.75, 3.05) is 10.6 Å². The fraction of sp³-hybridized carbons (Fsp3) is 0.167. The van der Waals surface area contributed by atoms with Gasteiger partial charge in [0.1, 0.15) is 4.90 Å². The third kappa shape index (κ3) is 4.32. The smallest absolute Gasteiger partial charge is 0.303 e. The lowest BCUT2D eigenvalue weighted by Gasteiger charge is -2.09. The maximum absolute atomic E-state index is 12.2. The summed E-state index contributed by atoms with van der Waals surface area (Å²) in [5.74, 6) is -1.37. The second-order valence-corrected chi connectivity index (χ2v) is 7.63. The zero-order valence-electron chi connectivity index (χ0n) is 14.4. The SMILES string of the molecule is Cc1ccc(NC2=NS(=O)(=O)c3ccc(NC(=O)CCC(=O)O)cc32)cc1. The molecule has 2 aromatic rings. The number of rotatable bonds is 5. The van der Waals surface area contributed by atoms with Crippen LogP contribution in [-0.4, -0.2) is 31.2 Å². The highest BCUT2D eigenvalue weighted by molar-refractivity contribution is 7.90. The standard InChI is InChI=1S/C18H17N3O5S/c1-11-2-4-12(5-3-11)20-18-14-10-13(19-16(22)8-9-17(23)24)6-7-15(14)27(25,26)21-18/h2-7,10H,8-9H2,1H3,(H,19,22)(H,20,21)(H,23,24). The van der Waals surface area contributed by atoms with Gasteiger partial charge in [0.05, 0.1) is 6.42 Å². The van der Waals surface area contributed by atoms with Gasteiger partial charge in [-0.2, -0.15) is 8.42 Å². The third-order valence-corrected chi connectivity index (χ3v) is 5.22. The molecule has 0 aliphatic carbocycles. The van der Waals surface area contributed by atoms with Crippen molar-refractivity contribution in [1.29, 1.82) is 0 Å². The van der Waals surface area contributed by atoms with E-state index in [-0.39, 0.29) is 23.6 Å². The van der Waals surface area contributed by atoms with Crippen molar-refractivity contribution in [3.05, 3.63) is 53.6 Å². The van der Waals surface area contributed by atoms with Gasteiger partial charge in [-0.15, -0.1) is 4.40 Å². The van der Waals surface area contributed by atoms with Gasteiger partial charge in [0.25, 0.3) is 10.0 Å². The number of hydrogen-bond donors (Lipinski definition) is 3. The van der Waals surface area contributed by atoms with Crippen LogP contribution in [0.1, 0.15) is 24.0 Å². The molecule has 0 saturated heterocycles. The summed E-state index contributed by atoms with van der Waals surface area (Å²) in [6.45, 7) is 1.94. The van der Waals surface area contributed by atoms with E-state index in [1.165, 1.54) is 18.2 Å². The minimum atomic E-state index is -3.81. The predicted molar refractivity (Wildman–Crippen MR) is 100 cm³/mol. The van der Waals surface area contributed by atoms with Crippen molar-refractivity contribution in [3.63, 3.8) is 0 Å². The summed E-state index contributed by atoms with van der Waals surface area (Å²) in [5, 5.41) is 14.2. The van der Waals surface area contributed by atoms with Gasteiger partial charge in [0.2, 0.25) is 5.91 Å². The van der Waals surface area contributed by atoms with Crippen molar-refractivity contribution in [2.45, 2.75) is 24.7 Å². The van der Waals surface area contributed by atoms with Crippen molar-refractivity contribution < 1.29 is 23.1 Å². The minimum absolute atomic E-state index is 0.0423. The number of amidine groups is 1. The van der Waals surface area contributed by atoms with Crippen LogP contribution in [0.2, 0.25) is 0 Å². The Balaban J connectivity index is 1.85. The Hall–Kier alpha value is -3.20. The van der Waals surface area contributed by atoms with Crippen LogP contribution < -0.4 is 10.6 Å². The topological polar surface area (TPSA) is 125 Å². The van der Waals surface area contributed by atoms with Gasteiger partial charge in [-0.05, 0) is 37.3 Å². The molecule has 27 heavy (non-hydrogen) atoms. The van der Waals surface area contributed by atoms with Gasteiger partial charge in [0, 0.05) is 23.4 Å². The molecular weight excluding hydrogens is 370 g/mol. The molecule has 0 unspecified atom stereocenters. The average molecular weight is 387 g/mol. The van der Waals surface area contributed by atoms with Crippen LogP contribution >= 0.6 is 0 Å². The van der Waals surface area contributed by atoms with Crippen LogP contribution in [0, 0.1) is 6.92 Å². The number of fused-ring (bicyclic) bond motifs is 1. The van der Waals surface area contributed by atoms with E-state index in [2.05, 4.69) is 15.0 Å². The first-order valence-corrected chi connectivity index (χ1v) is 9.53. The Labute approximate surface area is 156 Å². The lowest BCUT2D eigenvalue weighted by molar-refractivity contribution is -0.138. The minimum Gasteiger partial charge on any atom is -0.481 e. The summed E-state index contributed by atoms with van der Waals surface area (Å²) in [5.41, 5.74) is 2.44.